The number of rotatable bonds is 6. The number of fused-ring (bicyclic) bond motifs is 5. The molecule has 1 aromatic rings. The molecule has 4 fully saturated rings. The van der Waals surface area contributed by atoms with E-state index in [1.54, 1.807) is 31.4 Å². The van der Waals surface area contributed by atoms with Gasteiger partial charge in [0.05, 0.1) is 19.8 Å². The van der Waals surface area contributed by atoms with Crippen molar-refractivity contribution >= 4 is 11.9 Å². The fraction of sp³-hybridized carbons (Fsp3) is 0.758. The van der Waals surface area contributed by atoms with Gasteiger partial charge in [0.2, 0.25) is 0 Å². The lowest BCUT2D eigenvalue weighted by Gasteiger charge is -2.61. The number of ether oxygens (including phenoxy) is 2. The van der Waals surface area contributed by atoms with Crippen molar-refractivity contribution in [3.05, 3.63) is 29.8 Å². The molecule has 0 radical (unpaired) electrons. The van der Waals surface area contributed by atoms with Crippen LogP contribution in [0.15, 0.2) is 24.3 Å². The number of benzene rings is 1. The molecule has 5 nitrogen and oxygen atoms in total. The number of hydrogen-bond donors (Lipinski definition) is 1. The van der Waals surface area contributed by atoms with Gasteiger partial charge in [0.1, 0.15) is 5.75 Å². The Hall–Kier alpha value is -2.04. The van der Waals surface area contributed by atoms with Gasteiger partial charge in [-0.3, -0.25) is 4.79 Å². The predicted octanol–water partition coefficient (Wildman–Crippen LogP) is 8.02. The Balaban J connectivity index is 0.000000236. The molecule has 1 N–H and O–H groups in total. The van der Waals surface area contributed by atoms with E-state index in [0.717, 1.165) is 41.8 Å². The fourth-order valence-electron chi connectivity index (χ4n) is 9.67. The van der Waals surface area contributed by atoms with E-state index in [0.29, 0.717) is 28.7 Å². The van der Waals surface area contributed by atoms with Crippen LogP contribution in [0.3, 0.4) is 0 Å². The smallest absolute Gasteiger partial charge is 0.337 e. The van der Waals surface area contributed by atoms with Crippen molar-refractivity contribution in [2.24, 2.45) is 46.3 Å². The average Bonchev–Trinajstić information content (AvgIpc) is 3.28. The monoisotopic (exact) mass is 526 g/mol. The summed E-state index contributed by atoms with van der Waals surface area (Å²) in [5.74, 6) is 4.96. The van der Waals surface area contributed by atoms with Gasteiger partial charge in [-0.15, -0.1) is 0 Å². The Morgan fingerprint density at radius 2 is 1.63 bits per heavy atom. The molecule has 1 aromatic carbocycles. The number of aliphatic carboxylic acids is 1. The van der Waals surface area contributed by atoms with E-state index < -0.39 is 5.97 Å². The van der Waals surface area contributed by atoms with E-state index in [2.05, 4.69) is 25.5 Å². The molecule has 4 saturated carbocycles. The molecule has 8 atom stereocenters. The highest BCUT2D eigenvalue weighted by atomic mass is 16.5. The maximum atomic E-state index is 11.0. The zero-order valence-electron chi connectivity index (χ0n) is 24.3. The molecule has 3 unspecified atom stereocenters. The van der Waals surface area contributed by atoms with E-state index in [9.17, 15) is 9.59 Å². The first kappa shape index (κ1) is 29.0. The molecule has 0 heterocycles. The fourth-order valence-corrected chi connectivity index (χ4v) is 9.67. The van der Waals surface area contributed by atoms with Crippen molar-refractivity contribution in [3.8, 4) is 5.75 Å². The minimum Gasteiger partial charge on any atom is -0.497 e. The average molecular weight is 527 g/mol. The lowest BCUT2D eigenvalue weighted by atomic mass is 9.44. The van der Waals surface area contributed by atoms with Gasteiger partial charge in [-0.2, -0.15) is 0 Å². The number of carboxylic acids is 1. The van der Waals surface area contributed by atoms with Crippen LogP contribution in [0.25, 0.3) is 0 Å². The molecular formula is C33H50O5. The summed E-state index contributed by atoms with van der Waals surface area (Å²) in [5, 5.41) is 9.09. The third-order valence-corrected chi connectivity index (χ3v) is 11.7. The molecule has 5 heteroatoms. The van der Waals surface area contributed by atoms with Crippen molar-refractivity contribution in [1.82, 2.24) is 0 Å². The van der Waals surface area contributed by atoms with E-state index in [4.69, 9.17) is 9.84 Å². The maximum Gasteiger partial charge on any atom is 0.337 e. The standard InChI is InChI=1S/C24H40O2.C9H10O3/c1-16(7-12-22(25)26)19-10-11-20-18-9-8-17-6-4-5-14-23(17,2)21(18)13-15-24(19,20)3;1-11-8-5-3-7(4-6-8)9(10)12-2/h16-21H,4-15H2,1-3H3,(H,25,26);3-6H,1-2H3/t16-,17+,18?,19-,20?,21?,23+,24-;/m1./s1. The van der Waals surface area contributed by atoms with Gasteiger partial charge in [-0.05, 0) is 128 Å². The van der Waals surface area contributed by atoms with E-state index in [1.807, 2.05) is 0 Å². The van der Waals surface area contributed by atoms with Crippen molar-refractivity contribution in [2.45, 2.75) is 97.8 Å². The Morgan fingerprint density at radius 1 is 0.921 bits per heavy atom. The SMILES string of the molecule is COC(=O)c1ccc(OC)cc1.C[C@H](CCC(=O)O)[C@H]1CCC2C3CC[C@@H]4CCCC[C@]4(C)C3CC[C@@]21C. The molecular weight excluding hydrogens is 476 g/mol. The Labute approximate surface area is 230 Å². The van der Waals surface area contributed by atoms with Gasteiger partial charge in [-0.1, -0.05) is 33.6 Å². The third-order valence-electron chi connectivity index (χ3n) is 11.7. The molecule has 0 saturated heterocycles. The first-order chi connectivity index (χ1) is 18.1. The predicted molar refractivity (Wildman–Crippen MR) is 150 cm³/mol. The number of hydrogen-bond acceptors (Lipinski definition) is 4. The quantitative estimate of drug-likeness (QED) is 0.380. The molecule has 0 bridgehead atoms. The first-order valence-corrected chi connectivity index (χ1v) is 15.1. The lowest BCUT2D eigenvalue weighted by molar-refractivity contribution is -0.137. The van der Waals surface area contributed by atoms with E-state index >= 15 is 0 Å². The lowest BCUT2D eigenvalue weighted by Crippen LogP contribution is -2.53. The minimum absolute atomic E-state index is 0.336. The minimum atomic E-state index is -0.621. The summed E-state index contributed by atoms with van der Waals surface area (Å²) in [4.78, 5) is 22.0. The molecule has 38 heavy (non-hydrogen) atoms. The van der Waals surface area contributed by atoms with Gasteiger partial charge in [-0.25, -0.2) is 4.79 Å². The van der Waals surface area contributed by atoms with Gasteiger partial charge < -0.3 is 14.6 Å². The second-order valence-corrected chi connectivity index (χ2v) is 13.3. The summed E-state index contributed by atoms with van der Waals surface area (Å²) in [6, 6.07) is 6.74. The summed E-state index contributed by atoms with van der Waals surface area (Å²) >= 11 is 0. The van der Waals surface area contributed by atoms with Crippen molar-refractivity contribution in [2.75, 3.05) is 14.2 Å². The molecule has 0 aromatic heterocycles. The van der Waals surface area contributed by atoms with Gasteiger partial charge in [0.15, 0.2) is 0 Å². The summed E-state index contributed by atoms with van der Waals surface area (Å²) in [7, 11) is 2.93. The van der Waals surface area contributed by atoms with Crippen LogP contribution >= 0.6 is 0 Å². The highest BCUT2D eigenvalue weighted by Crippen LogP contribution is 2.68. The second-order valence-electron chi connectivity index (χ2n) is 13.3. The highest BCUT2D eigenvalue weighted by molar-refractivity contribution is 5.89. The molecule has 0 aliphatic heterocycles. The Morgan fingerprint density at radius 3 is 2.29 bits per heavy atom. The Bertz CT molecular complexity index is 957. The van der Waals surface area contributed by atoms with Crippen LogP contribution in [0, 0.1) is 46.3 Å². The van der Waals surface area contributed by atoms with Gasteiger partial charge in [0.25, 0.3) is 0 Å². The summed E-state index contributed by atoms with van der Waals surface area (Å²) in [5.41, 5.74) is 1.64. The maximum absolute atomic E-state index is 11.0. The van der Waals surface area contributed by atoms with Crippen molar-refractivity contribution < 1.29 is 24.2 Å². The van der Waals surface area contributed by atoms with Gasteiger partial charge >= 0.3 is 11.9 Å². The number of methoxy groups -OCH3 is 2. The molecule has 212 valence electrons. The van der Waals surface area contributed by atoms with Crippen LogP contribution in [-0.4, -0.2) is 31.3 Å². The van der Waals surface area contributed by atoms with Crippen LogP contribution in [0.5, 0.6) is 5.75 Å². The van der Waals surface area contributed by atoms with E-state index in [-0.39, 0.29) is 5.97 Å². The zero-order valence-corrected chi connectivity index (χ0v) is 24.3. The first-order valence-electron chi connectivity index (χ1n) is 15.1. The largest absolute Gasteiger partial charge is 0.497 e. The topological polar surface area (TPSA) is 72.8 Å². The van der Waals surface area contributed by atoms with Crippen LogP contribution in [0.2, 0.25) is 0 Å². The van der Waals surface area contributed by atoms with Crippen LogP contribution in [0.4, 0.5) is 0 Å². The number of carbonyl (C=O) groups is 2. The van der Waals surface area contributed by atoms with Crippen LogP contribution in [-0.2, 0) is 9.53 Å². The molecule has 5 rings (SSSR count). The Kier molecular flexibility index (Phi) is 9.15. The van der Waals surface area contributed by atoms with Crippen molar-refractivity contribution in [3.63, 3.8) is 0 Å². The second kappa shape index (κ2) is 12.0. The number of carboxylic acid groups (broad SMARTS) is 1. The molecule has 0 amide bonds. The van der Waals surface area contributed by atoms with Crippen molar-refractivity contribution in [1.29, 1.82) is 0 Å². The summed E-state index contributed by atoms with van der Waals surface area (Å²) in [6.45, 7) is 7.60. The third kappa shape index (κ3) is 5.63. The molecule has 4 aliphatic rings. The molecule has 4 aliphatic carbocycles. The summed E-state index contributed by atoms with van der Waals surface area (Å²) < 4.78 is 9.46. The van der Waals surface area contributed by atoms with Crippen LogP contribution in [0.1, 0.15) is 108 Å². The van der Waals surface area contributed by atoms with E-state index in [1.165, 1.54) is 71.3 Å². The highest BCUT2D eigenvalue weighted by Gasteiger charge is 2.60. The van der Waals surface area contributed by atoms with Gasteiger partial charge in [0, 0.05) is 6.42 Å². The number of carbonyl (C=O) groups excluding carboxylic acids is 1. The number of esters is 1. The molecule has 0 spiro atoms. The zero-order chi connectivity index (χ0) is 27.5. The summed E-state index contributed by atoms with van der Waals surface area (Å²) in [6.07, 6.45) is 15.7. The van der Waals surface area contributed by atoms with Crippen LogP contribution < -0.4 is 4.74 Å². The normalized spacial score (nSPS) is 36.4.